The van der Waals surface area contributed by atoms with Gasteiger partial charge in [-0.3, -0.25) is 9.78 Å². The Morgan fingerprint density at radius 1 is 1.03 bits per heavy atom. The van der Waals surface area contributed by atoms with E-state index >= 15 is 0 Å². The monoisotopic (exact) mass is 495 g/mol. The first-order chi connectivity index (χ1) is 17.9. The van der Waals surface area contributed by atoms with Crippen LogP contribution in [0.3, 0.4) is 0 Å². The number of nitrogens with zero attached hydrogens (tertiary/aromatic N) is 3. The van der Waals surface area contributed by atoms with Crippen molar-refractivity contribution >= 4 is 17.0 Å². The van der Waals surface area contributed by atoms with Gasteiger partial charge in [0.25, 0.3) is 5.91 Å². The number of ether oxygens (including phenoxy) is 2. The van der Waals surface area contributed by atoms with E-state index in [1.807, 2.05) is 42.5 Å². The molecule has 7 heteroatoms. The predicted octanol–water partition coefficient (Wildman–Crippen LogP) is 5.79. The zero-order chi connectivity index (χ0) is 26.1. The molecular weight excluding hydrogens is 466 g/mol. The SMILES string of the molecule is C[C@@H]1COC[C@H](C)[C@@H]1Oc1ccc(-c2ccnc3cc(-c4ccc(C(=O)N(C)C)cc4)oc23)cc1C#N. The molecule has 1 fully saturated rings. The van der Waals surface area contributed by atoms with E-state index in [9.17, 15) is 10.1 Å². The Kier molecular flexibility index (Phi) is 6.68. The highest BCUT2D eigenvalue weighted by atomic mass is 16.5. The van der Waals surface area contributed by atoms with Gasteiger partial charge in [-0.1, -0.05) is 32.0 Å². The molecule has 0 radical (unpaired) electrons. The molecule has 7 nitrogen and oxygen atoms in total. The minimum Gasteiger partial charge on any atom is -0.488 e. The zero-order valence-electron chi connectivity index (χ0n) is 21.4. The summed E-state index contributed by atoms with van der Waals surface area (Å²) < 4.78 is 18.2. The summed E-state index contributed by atoms with van der Waals surface area (Å²) in [5, 5.41) is 9.90. The summed E-state index contributed by atoms with van der Waals surface area (Å²) in [6, 6.07) is 19.0. The van der Waals surface area contributed by atoms with E-state index < -0.39 is 0 Å². The third kappa shape index (κ3) is 4.81. The fraction of sp³-hybridized carbons (Fsp3) is 0.300. The van der Waals surface area contributed by atoms with Crippen molar-refractivity contribution in [2.75, 3.05) is 27.3 Å². The Balaban J connectivity index is 1.47. The maximum Gasteiger partial charge on any atom is 0.253 e. The van der Waals surface area contributed by atoms with E-state index in [2.05, 4.69) is 24.9 Å². The van der Waals surface area contributed by atoms with E-state index in [1.54, 1.807) is 37.3 Å². The van der Waals surface area contributed by atoms with E-state index in [0.717, 1.165) is 16.7 Å². The Labute approximate surface area is 216 Å². The topological polar surface area (TPSA) is 88.6 Å². The molecule has 188 valence electrons. The number of aromatic nitrogens is 1. The van der Waals surface area contributed by atoms with Crippen LogP contribution in [0, 0.1) is 23.2 Å². The second-order valence-electron chi connectivity index (χ2n) is 9.86. The summed E-state index contributed by atoms with van der Waals surface area (Å²) in [7, 11) is 3.45. The number of benzene rings is 2. The molecule has 0 aliphatic carbocycles. The van der Waals surface area contributed by atoms with Crippen molar-refractivity contribution in [2.45, 2.75) is 20.0 Å². The Bertz CT molecular complexity index is 1470. The molecule has 0 saturated carbocycles. The first-order valence-electron chi connectivity index (χ1n) is 12.3. The van der Waals surface area contributed by atoms with E-state index in [4.69, 9.17) is 13.9 Å². The van der Waals surface area contributed by atoms with Crippen molar-refractivity contribution in [3.8, 4) is 34.3 Å². The molecule has 0 unspecified atom stereocenters. The molecule has 2 aromatic heterocycles. The lowest BCUT2D eigenvalue weighted by Gasteiger charge is -2.34. The molecule has 1 amide bonds. The van der Waals surface area contributed by atoms with Gasteiger partial charge in [-0.15, -0.1) is 0 Å². The van der Waals surface area contributed by atoms with Crippen LogP contribution in [0.2, 0.25) is 0 Å². The van der Waals surface area contributed by atoms with Crippen molar-refractivity contribution in [3.63, 3.8) is 0 Å². The van der Waals surface area contributed by atoms with Crippen LogP contribution in [0.5, 0.6) is 5.75 Å². The van der Waals surface area contributed by atoms with Gasteiger partial charge in [0, 0.05) is 54.9 Å². The molecule has 0 spiro atoms. The van der Waals surface area contributed by atoms with Crippen LogP contribution in [0.25, 0.3) is 33.6 Å². The number of carbonyl (C=O) groups is 1. The quantitative estimate of drug-likeness (QED) is 0.348. The van der Waals surface area contributed by atoms with Crippen LogP contribution in [0.15, 0.2) is 65.2 Å². The number of hydrogen-bond donors (Lipinski definition) is 0. The molecule has 2 aromatic carbocycles. The molecule has 1 saturated heterocycles. The number of amides is 1. The first kappa shape index (κ1) is 24.5. The summed E-state index contributed by atoms with van der Waals surface area (Å²) in [5.41, 5.74) is 4.96. The molecular formula is C30H29N3O4. The lowest BCUT2D eigenvalue weighted by atomic mass is 9.92. The molecule has 0 N–H and O–H groups in total. The van der Waals surface area contributed by atoms with Crippen LogP contribution in [0.4, 0.5) is 0 Å². The summed E-state index contributed by atoms with van der Waals surface area (Å²) in [6.45, 7) is 5.52. The van der Waals surface area contributed by atoms with E-state index in [1.165, 1.54) is 0 Å². The van der Waals surface area contributed by atoms with Gasteiger partial charge in [-0.05, 0) is 35.9 Å². The second kappa shape index (κ2) is 10.1. The largest absolute Gasteiger partial charge is 0.488 e. The summed E-state index contributed by atoms with van der Waals surface area (Å²) in [5.74, 6) is 1.66. The van der Waals surface area contributed by atoms with E-state index in [0.29, 0.717) is 47.0 Å². The Morgan fingerprint density at radius 2 is 1.73 bits per heavy atom. The fourth-order valence-electron chi connectivity index (χ4n) is 4.80. The molecule has 3 heterocycles. The average Bonchev–Trinajstić information content (AvgIpc) is 3.35. The smallest absolute Gasteiger partial charge is 0.253 e. The minimum absolute atomic E-state index is 0.00799. The fourth-order valence-corrected chi connectivity index (χ4v) is 4.80. The number of nitriles is 1. The maximum atomic E-state index is 12.2. The summed E-state index contributed by atoms with van der Waals surface area (Å²) in [6.07, 6.45) is 1.73. The molecule has 1 aliphatic rings. The van der Waals surface area contributed by atoms with Gasteiger partial charge in [0.1, 0.15) is 29.2 Å². The second-order valence-corrected chi connectivity index (χ2v) is 9.86. The zero-order valence-corrected chi connectivity index (χ0v) is 21.4. The van der Waals surface area contributed by atoms with Crippen molar-refractivity contribution in [1.29, 1.82) is 5.26 Å². The van der Waals surface area contributed by atoms with Crippen molar-refractivity contribution in [2.24, 2.45) is 11.8 Å². The lowest BCUT2D eigenvalue weighted by molar-refractivity contribution is -0.0551. The van der Waals surface area contributed by atoms with Crippen LogP contribution in [-0.2, 0) is 4.74 Å². The van der Waals surface area contributed by atoms with Crippen molar-refractivity contribution in [1.82, 2.24) is 9.88 Å². The van der Waals surface area contributed by atoms with Crippen LogP contribution < -0.4 is 4.74 Å². The van der Waals surface area contributed by atoms with Gasteiger partial charge in [-0.25, -0.2) is 0 Å². The predicted molar refractivity (Wildman–Crippen MR) is 141 cm³/mol. The van der Waals surface area contributed by atoms with Gasteiger partial charge in [-0.2, -0.15) is 5.26 Å². The first-order valence-corrected chi connectivity index (χ1v) is 12.3. The average molecular weight is 496 g/mol. The highest BCUT2D eigenvalue weighted by molar-refractivity contribution is 5.95. The van der Waals surface area contributed by atoms with Crippen LogP contribution in [-0.4, -0.2) is 49.2 Å². The summed E-state index contributed by atoms with van der Waals surface area (Å²) >= 11 is 0. The third-order valence-corrected chi connectivity index (χ3v) is 6.79. The van der Waals surface area contributed by atoms with Crippen molar-refractivity contribution in [3.05, 3.63) is 71.9 Å². The van der Waals surface area contributed by atoms with Gasteiger partial charge >= 0.3 is 0 Å². The Hall–Kier alpha value is -4.15. The number of furan rings is 1. The highest BCUT2D eigenvalue weighted by Gasteiger charge is 2.31. The third-order valence-electron chi connectivity index (χ3n) is 6.79. The molecule has 1 aliphatic heterocycles. The molecule has 37 heavy (non-hydrogen) atoms. The normalized spacial score (nSPS) is 19.4. The molecule has 5 rings (SSSR count). The molecule has 0 bridgehead atoms. The number of hydrogen-bond acceptors (Lipinski definition) is 6. The van der Waals surface area contributed by atoms with Gasteiger partial charge in [0.15, 0.2) is 5.58 Å². The van der Waals surface area contributed by atoms with Crippen molar-refractivity contribution < 1.29 is 18.7 Å². The number of fused-ring (bicyclic) bond motifs is 1. The number of carbonyl (C=O) groups excluding carboxylic acids is 1. The van der Waals surface area contributed by atoms with Gasteiger partial charge in [0.2, 0.25) is 0 Å². The maximum absolute atomic E-state index is 12.2. The highest BCUT2D eigenvalue weighted by Crippen LogP contribution is 2.36. The van der Waals surface area contributed by atoms with Crippen LogP contribution >= 0.6 is 0 Å². The molecule has 4 aromatic rings. The van der Waals surface area contributed by atoms with E-state index in [-0.39, 0.29) is 23.8 Å². The van der Waals surface area contributed by atoms with Gasteiger partial charge < -0.3 is 18.8 Å². The summed E-state index contributed by atoms with van der Waals surface area (Å²) in [4.78, 5) is 18.2. The van der Waals surface area contributed by atoms with Gasteiger partial charge in [0.05, 0.1) is 18.8 Å². The minimum atomic E-state index is -0.0541. The number of pyridine rings is 1. The van der Waals surface area contributed by atoms with Crippen LogP contribution in [0.1, 0.15) is 29.8 Å². The lowest BCUT2D eigenvalue weighted by Crippen LogP contribution is -2.41. The Morgan fingerprint density at radius 3 is 2.41 bits per heavy atom. The molecule has 3 atom stereocenters. The number of rotatable bonds is 5. The standard InChI is InChI=1S/C30H29N3O4/c1-18-16-35-17-19(2)28(18)36-26-10-9-22(13-23(26)15-31)24-11-12-32-25-14-27(37-29(24)25)20-5-7-21(8-6-20)30(34)33(3)4/h5-14,18-19,28H,16-17H2,1-4H3/t18-,19+,28-.